The normalized spacial score (nSPS) is 24.3. The van der Waals surface area contributed by atoms with Crippen molar-refractivity contribution < 1.29 is 0 Å². The van der Waals surface area contributed by atoms with Crippen molar-refractivity contribution in [1.82, 2.24) is 4.90 Å². The van der Waals surface area contributed by atoms with Crippen LogP contribution in [0.4, 0.5) is 5.69 Å². The number of hydrogen-bond acceptors (Lipinski definition) is 3. The van der Waals surface area contributed by atoms with Gasteiger partial charge >= 0.3 is 0 Å². The van der Waals surface area contributed by atoms with Crippen LogP contribution in [0.5, 0.6) is 0 Å². The molecule has 1 fully saturated rings. The van der Waals surface area contributed by atoms with Gasteiger partial charge < -0.3 is 15.5 Å². The standard InChI is InChI=1S/C16H27N3/c1-13-7-5-6-8-15(13)19-14(11-17)12-18(4)10-9-16(19,2)3/h5-8,14H,9-12,17H2,1-4H3. The average Bonchev–Trinajstić information content (AvgIpc) is 2.48. The third kappa shape index (κ3) is 2.93. The van der Waals surface area contributed by atoms with Gasteiger partial charge in [0.2, 0.25) is 0 Å². The lowest BCUT2D eigenvalue weighted by molar-refractivity contribution is 0.329. The van der Waals surface area contributed by atoms with E-state index >= 15 is 0 Å². The highest BCUT2D eigenvalue weighted by Gasteiger charge is 2.36. The molecule has 1 heterocycles. The van der Waals surface area contributed by atoms with Gasteiger partial charge in [-0.05, 0) is 45.9 Å². The lowest BCUT2D eigenvalue weighted by Gasteiger charge is -2.44. The van der Waals surface area contributed by atoms with E-state index in [1.807, 2.05) is 0 Å². The average molecular weight is 261 g/mol. The number of hydrogen-bond donors (Lipinski definition) is 1. The van der Waals surface area contributed by atoms with E-state index in [1.165, 1.54) is 11.3 Å². The van der Waals surface area contributed by atoms with Gasteiger partial charge in [0.15, 0.2) is 0 Å². The molecular weight excluding hydrogens is 234 g/mol. The fourth-order valence-electron chi connectivity index (χ4n) is 3.15. The first-order chi connectivity index (χ1) is 8.95. The molecule has 0 aliphatic carbocycles. The van der Waals surface area contributed by atoms with E-state index in [1.54, 1.807) is 0 Å². The van der Waals surface area contributed by atoms with Crippen molar-refractivity contribution in [2.75, 3.05) is 31.6 Å². The van der Waals surface area contributed by atoms with Gasteiger partial charge in [-0.3, -0.25) is 0 Å². The summed E-state index contributed by atoms with van der Waals surface area (Å²) >= 11 is 0. The van der Waals surface area contributed by atoms with E-state index in [4.69, 9.17) is 5.73 Å². The summed E-state index contributed by atoms with van der Waals surface area (Å²) in [6.45, 7) is 9.72. The molecule has 1 aromatic carbocycles. The lowest BCUT2D eigenvalue weighted by atomic mass is 9.94. The van der Waals surface area contributed by atoms with Crippen LogP contribution in [0.3, 0.4) is 0 Å². The van der Waals surface area contributed by atoms with Crippen LogP contribution in [0.1, 0.15) is 25.8 Å². The Bertz CT molecular complexity index is 428. The van der Waals surface area contributed by atoms with Crippen LogP contribution in [-0.4, -0.2) is 43.2 Å². The van der Waals surface area contributed by atoms with Crippen LogP contribution in [0, 0.1) is 6.92 Å². The molecule has 1 unspecified atom stereocenters. The molecule has 0 radical (unpaired) electrons. The number of benzene rings is 1. The monoisotopic (exact) mass is 261 g/mol. The maximum Gasteiger partial charge on any atom is 0.0544 e. The first-order valence-electron chi connectivity index (χ1n) is 7.19. The smallest absolute Gasteiger partial charge is 0.0544 e. The zero-order chi connectivity index (χ0) is 14.0. The van der Waals surface area contributed by atoms with Crippen LogP contribution in [0.15, 0.2) is 24.3 Å². The fourth-order valence-corrected chi connectivity index (χ4v) is 3.15. The number of likely N-dealkylation sites (N-methyl/N-ethyl adjacent to an activating group) is 1. The van der Waals surface area contributed by atoms with E-state index in [2.05, 4.69) is 61.9 Å². The molecule has 0 aromatic heterocycles. The molecule has 0 saturated carbocycles. The second-order valence-corrected chi connectivity index (χ2v) is 6.37. The third-order valence-corrected chi connectivity index (χ3v) is 4.29. The Labute approximate surface area is 117 Å². The Hall–Kier alpha value is -1.06. The number of nitrogens with two attached hydrogens (primary N) is 1. The molecule has 3 heteroatoms. The minimum absolute atomic E-state index is 0.140. The highest BCUT2D eigenvalue weighted by molar-refractivity contribution is 5.56. The number of rotatable bonds is 2. The van der Waals surface area contributed by atoms with Crippen LogP contribution in [0.2, 0.25) is 0 Å². The Balaban J connectivity index is 2.44. The van der Waals surface area contributed by atoms with Crippen molar-refractivity contribution in [2.45, 2.75) is 38.8 Å². The molecule has 2 rings (SSSR count). The lowest BCUT2D eigenvalue weighted by Crippen LogP contribution is -2.54. The van der Waals surface area contributed by atoms with Gasteiger partial charge in [0.1, 0.15) is 0 Å². The molecule has 1 aliphatic rings. The summed E-state index contributed by atoms with van der Waals surface area (Å²) in [7, 11) is 2.19. The van der Waals surface area contributed by atoms with E-state index < -0.39 is 0 Å². The van der Waals surface area contributed by atoms with Gasteiger partial charge in [-0.15, -0.1) is 0 Å². The second-order valence-electron chi connectivity index (χ2n) is 6.37. The molecule has 1 atom stereocenters. The SMILES string of the molecule is Cc1ccccc1N1C(CN)CN(C)CCC1(C)C. The first kappa shape index (κ1) is 14.4. The minimum atomic E-state index is 0.140. The summed E-state index contributed by atoms with van der Waals surface area (Å²) < 4.78 is 0. The molecule has 0 amide bonds. The van der Waals surface area contributed by atoms with Gasteiger partial charge in [0.25, 0.3) is 0 Å². The van der Waals surface area contributed by atoms with Crippen molar-refractivity contribution in [3.05, 3.63) is 29.8 Å². The van der Waals surface area contributed by atoms with Crippen LogP contribution in [-0.2, 0) is 0 Å². The predicted octanol–water partition coefficient (Wildman–Crippen LogP) is 2.24. The van der Waals surface area contributed by atoms with Gasteiger partial charge in [-0.1, -0.05) is 18.2 Å². The van der Waals surface area contributed by atoms with Crippen molar-refractivity contribution >= 4 is 5.69 Å². The number of nitrogens with zero attached hydrogens (tertiary/aromatic N) is 2. The number of anilines is 1. The molecule has 1 aromatic rings. The summed E-state index contributed by atoms with van der Waals surface area (Å²) in [6.07, 6.45) is 1.16. The largest absolute Gasteiger partial charge is 0.361 e. The quantitative estimate of drug-likeness (QED) is 0.886. The second kappa shape index (κ2) is 5.51. The molecule has 0 bridgehead atoms. The molecule has 1 aliphatic heterocycles. The van der Waals surface area contributed by atoms with Crippen LogP contribution >= 0.6 is 0 Å². The Kier molecular flexibility index (Phi) is 4.16. The maximum absolute atomic E-state index is 6.07. The molecule has 19 heavy (non-hydrogen) atoms. The summed E-state index contributed by atoms with van der Waals surface area (Å²) in [5.74, 6) is 0. The molecule has 0 spiro atoms. The van der Waals surface area contributed by atoms with Gasteiger partial charge in [-0.2, -0.15) is 0 Å². The minimum Gasteiger partial charge on any atom is -0.361 e. The summed E-state index contributed by atoms with van der Waals surface area (Å²) in [6, 6.07) is 9.02. The molecule has 3 nitrogen and oxygen atoms in total. The predicted molar refractivity (Wildman–Crippen MR) is 82.7 cm³/mol. The van der Waals surface area contributed by atoms with Crippen molar-refractivity contribution in [3.8, 4) is 0 Å². The van der Waals surface area contributed by atoms with E-state index in [-0.39, 0.29) is 5.54 Å². The van der Waals surface area contributed by atoms with Crippen LogP contribution < -0.4 is 10.6 Å². The van der Waals surface area contributed by atoms with E-state index in [0.717, 1.165) is 19.5 Å². The molecule has 2 N–H and O–H groups in total. The molecular formula is C16H27N3. The maximum atomic E-state index is 6.07. The highest BCUT2D eigenvalue weighted by atomic mass is 15.3. The van der Waals surface area contributed by atoms with Gasteiger partial charge in [-0.25, -0.2) is 0 Å². The Morgan fingerprint density at radius 1 is 1.32 bits per heavy atom. The number of aryl methyl sites for hydroxylation is 1. The zero-order valence-corrected chi connectivity index (χ0v) is 12.7. The van der Waals surface area contributed by atoms with Crippen molar-refractivity contribution in [1.29, 1.82) is 0 Å². The molecule has 1 saturated heterocycles. The number of para-hydroxylation sites is 1. The Morgan fingerprint density at radius 2 is 2.00 bits per heavy atom. The van der Waals surface area contributed by atoms with Gasteiger partial charge in [0, 0.05) is 30.9 Å². The molecule has 106 valence electrons. The summed E-state index contributed by atoms with van der Waals surface area (Å²) in [4.78, 5) is 4.95. The first-order valence-corrected chi connectivity index (χ1v) is 7.19. The van der Waals surface area contributed by atoms with E-state index in [9.17, 15) is 0 Å². The third-order valence-electron chi connectivity index (χ3n) is 4.29. The fraction of sp³-hybridized carbons (Fsp3) is 0.625. The summed E-state index contributed by atoms with van der Waals surface area (Å²) in [5.41, 5.74) is 8.87. The Morgan fingerprint density at radius 3 is 2.63 bits per heavy atom. The van der Waals surface area contributed by atoms with Crippen LogP contribution in [0.25, 0.3) is 0 Å². The van der Waals surface area contributed by atoms with Crippen molar-refractivity contribution in [3.63, 3.8) is 0 Å². The summed E-state index contributed by atoms with van der Waals surface area (Å²) in [5, 5.41) is 0. The van der Waals surface area contributed by atoms with E-state index in [0.29, 0.717) is 12.6 Å². The van der Waals surface area contributed by atoms with Gasteiger partial charge in [0.05, 0.1) is 6.04 Å². The van der Waals surface area contributed by atoms with Crippen molar-refractivity contribution in [2.24, 2.45) is 5.73 Å². The zero-order valence-electron chi connectivity index (χ0n) is 12.7. The topological polar surface area (TPSA) is 32.5 Å². The highest BCUT2D eigenvalue weighted by Crippen LogP contribution is 2.33.